The molecule has 0 radical (unpaired) electrons. The minimum Gasteiger partial charge on any atom is -0.241 e. The lowest BCUT2D eigenvalue weighted by atomic mass is 10.2. The van der Waals surface area contributed by atoms with Crippen molar-refractivity contribution in [2.75, 3.05) is 0 Å². The van der Waals surface area contributed by atoms with Gasteiger partial charge in [-0.1, -0.05) is 23.8 Å². The van der Waals surface area contributed by atoms with Crippen LogP contribution in [-0.4, -0.2) is 20.6 Å². The zero-order valence-electron chi connectivity index (χ0n) is 9.85. The average molecular weight is 257 g/mol. The molecule has 0 aromatic heterocycles. The van der Waals surface area contributed by atoms with Gasteiger partial charge in [0.05, 0.1) is 10.9 Å². The maximum Gasteiger partial charge on any atom is 0.240 e. The van der Waals surface area contributed by atoms with Crippen molar-refractivity contribution in [3.63, 3.8) is 0 Å². The van der Waals surface area contributed by atoms with Gasteiger partial charge in [-0.05, 0) is 26.0 Å². The number of nitrogens with one attached hydrogen (secondary N) is 1. The summed E-state index contributed by atoms with van der Waals surface area (Å²) in [5.74, 6) is 0. The molecule has 0 saturated carbocycles. The van der Waals surface area contributed by atoms with Gasteiger partial charge in [-0.15, -0.1) is 6.58 Å². The van der Waals surface area contributed by atoms with Crippen LogP contribution in [0.3, 0.4) is 0 Å². The lowest BCUT2D eigenvalue weighted by Crippen LogP contribution is -2.38. The Balaban J connectivity index is 2.89. The van der Waals surface area contributed by atoms with Crippen molar-refractivity contribution in [3.05, 3.63) is 42.5 Å². The lowest BCUT2D eigenvalue weighted by molar-refractivity contribution is 0.338. The molecule has 1 N–H and O–H groups in total. The van der Waals surface area contributed by atoms with Crippen LogP contribution in [0.15, 0.2) is 41.8 Å². The van der Waals surface area contributed by atoms with E-state index in [-0.39, 0.29) is 4.90 Å². The zero-order valence-corrected chi connectivity index (χ0v) is 10.7. The Hall–Kier alpha value is -1.20. The Morgan fingerprint density at radius 3 is 2.35 bits per heavy atom. The summed E-state index contributed by atoms with van der Waals surface area (Å²) in [5.41, 5.74) is 0.964. The Morgan fingerprint density at radius 2 is 1.88 bits per heavy atom. The van der Waals surface area contributed by atoms with Crippen molar-refractivity contribution in [1.82, 2.24) is 4.72 Å². The Morgan fingerprint density at radius 1 is 1.35 bits per heavy atom. The molecule has 0 bridgehead atoms. The van der Waals surface area contributed by atoms with Gasteiger partial charge >= 0.3 is 0 Å². The minimum absolute atomic E-state index is 0.131. The fraction of sp³-hybridized carbons (Fsp3) is 0.333. The second-order valence-corrected chi connectivity index (χ2v) is 5.62. The predicted molar refractivity (Wildman–Crippen MR) is 66.1 cm³/mol. The van der Waals surface area contributed by atoms with E-state index >= 15 is 0 Å². The van der Waals surface area contributed by atoms with Crippen LogP contribution >= 0.6 is 0 Å². The van der Waals surface area contributed by atoms with Gasteiger partial charge < -0.3 is 0 Å². The van der Waals surface area contributed by atoms with Gasteiger partial charge in [0.15, 0.2) is 0 Å². The molecule has 0 saturated heterocycles. The second-order valence-electron chi connectivity index (χ2n) is 3.90. The van der Waals surface area contributed by atoms with E-state index in [1.807, 2.05) is 6.92 Å². The van der Waals surface area contributed by atoms with Crippen molar-refractivity contribution < 1.29 is 12.8 Å². The summed E-state index contributed by atoms with van der Waals surface area (Å²) in [5, 5.41) is 0. The maximum atomic E-state index is 13.2. The van der Waals surface area contributed by atoms with Gasteiger partial charge in [0.2, 0.25) is 10.0 Å². The molecule has 17 heavy (non-hydrogen) atoms. The summed E-state index contributed by atoms with van der Waals surface area (Å²) < 4.78 is 39.2. The first-order chi connectivity index (χ1) is 7.86. The average Bonchev–Trinajstić information content (AvgIpc) is 2.27. The summed E-state index contributed by atoms with van der Waals surface area (Å²) in [7, 11) is -3.67. The van der Waals surface area contributed by atoms with Crippen molar-refractivity contribution >= 4 is 10.0 Å². The molecule has 0 spiro atoms. The third kappa shape index (κ3) is 3.64. The van der Waals surface area contributed by atoms with Crippen molar-refractivity contribution in [2.24, 2.45) is 0 Å². The van der Waals surface area contributed by atoms with Crippen LogP contribution in [0.4, 0.5) is 4.39 Å². The van der Waals surface area contributed by atoms with E-state index in [4.69, 9.17) is 0 Å². The van der Waals surface area contributed by atoms with Gasteiger partial charge in [0.25, 0.3) is 0 Å². The van der Waals surface area contributed by atoms with Gasteiger partial charge in [-0.3, -0.25) is 0 Å². The Labute approximate surface area is 101 Å². The molecule has 5 heteroatoms. The van der Waals surface area contributed by atoms with E-state index in [0.29, 0.717) is 0 Å². The van der Waals surface area contributed by atoms with Crippen LogP contribution in [0.2, 0.25) is 0 Å². The van der Waals surface area contributed by atoms with Crippen LogP contribution in [0.5, 0.6) is 0 Å². The Kier molecular flexibility index (Phi) is 4.42. The molecule has 94 valence electrons. The van der Waals surface area contributed by atoms with Crippen molar-refractivity contribution in [3.8, 4) is 0 Å². The molecule has 0 aliphatic heterocycles. The largest absolute Gasteiger partial charge is 0.241 e. The molecule has 0 aliphatic carbocycles. The van der Waals surface area contributed by atoms with Gasteiger partial charge in [-0.25, -0.2) is 17.5 Å². The molecular formula is C12H16FNO2S. The fourth-order valence-corrected chi connectivity index (χ4v) is 2.55. The minimum atomic E-state index is -3.67. The van der Waals surface area contributed by atoms with E-state index in [0.717, 1.165) is 11.6 Å². The third-order valence-electron chi connectivity index (χ3n) is 2.38. The maximum absolute atomic E-state index is 13.2. The van der Waals surface area contributed by atoms with Crippen molar-refractivity contribution in [2.45, 2.75) is 31.0 Å². The van der Waals surface area contributed by atoms with Crippen LogP contribution in [0.1, 0.15) is 12.5 Å². The van der Waals surface area contributed by atoms with E-state index in [2.05, 4.69) is 11.3 Å². The van der Waals surface area contributed by atoms with E-state index < -0.39 is 22.2 Å². The first-order valence-corrected chi connectivity index (χ1v) is 6.71. The van der Waals surface area contributed by atoms with Gasteiger partial charge in [-0.2, -0.15) is 0 Å². The van der Waals surface area contributed by atoms with Crippen LogP contribution in [0, 0.1) is 6.92 Å². The van der Waals surface area contributed by atoms with E-state index in [9.17, 15) is 12.8 Å². The number of aryl methyl sites for hydroxylation is 1. The first-order valence-electron chi connectivity index (χ1n) is 5.22. The number of hydrogen-bond donors (Lipinski definition) is 1. The predicted octanol–water partition coefficient (Wildman–Crippen LogP) is 2.19. The molecule has 1 aromatic rings. The number of alkyl halides is 1. The van der Waals surface area contributed by atoms with Crippen LogP contribution in [0.25, 0.3) is 0 Å². The monoisotopic (exact) mass is 257 g/mol. The lowest BCUT2D eigenvalue weighted by Gasteiger charge is -2.15. The highest BCUT2D eigenvalue weighted by Crippen LogP contribution is 2.12. The smallest absolute Gasteiger partial charge is 0.240 e. The summed E-state index contributed by atoms with van der Waals surface area (Å²) in [4.78, 5) is 0.131. The second kappa shape index (κ2) is 5.42. The normalized spacial score (nSPS) is 15.2. The summed E-state index contributed by atoms with van der Waals surface area (Å²) in [6, 6.07) is 5.54. The molecule has 1 aromatic carbocycles. The molecule has 0 heterocycles. The highest BCUT2D eigenvalue weighted by molar-refractivity contribution is 7.89. The topological polar surface area (TPSA) is 46.2 Å². The molecule has 0 aliphatic rings. The molecular weight excluding hydrogens is 241 g/mol. The van der Waals surface area contributed by atoms with Crippen molar-refractivity contribution in [1.29, 1.82) is 0 Å². The standard InChI is InChI=1S/C12H16FNO2S/c1-4-12(13)10(3)14-17(15,16)11-7-5-9(2)6-8-11/h4-8,10,12,14H,1H2,2-3H3/t10-,12+/m0/s1. The number of hydrogen-bond acceptors (Lipinski definition) is 2. The van der Waals surface area contributed by atoms with Gasteiger partial charge in [0, 0.05) is 0 Å². The van der Waals surface area contributed by atoms with E-state index in [1.165, 1.54) is 19.1 Å². The SMILES string of the molecule is C=C[C@@H](F)[C@H](C)NS(=O)(=O)c1ccc(C)cc1. The molecule has 3 nitrogen and oxygen atoms in total. The van der Waals surface area contributed by atoms with Crippen LogP contribution < -0.4 is 4.72 Å². The highest BCUT2D eigenvalue weighted by Gasteiger charge is 2.21. The number of rotatable bonds is 5. The summed E-state index contributed by atoms with van der Waals surface area (Å²) >= 11 is 0. The summed E-state index contributed by atoms with van der Waals surface area (Å²) in [6.45, 7) is 6.61. The number of sulfonamides is 1. The number of halogens is 1. The fourth-order valence-electron chi connectivity index (χ4n) is 1.30. The first kappa shape index (κ1) is 13.9. The molecule has 1 rings (SSSR count). The molecule has 2 atom stereocenters. The molecule has 0 amide bonds. The Bertz CT molecular complexity index is 482. The molecule has 0 fully saturated rings. The summed E-state index contributed by atoms with van der Waals surface area (Å²) in [6.07, 6.45) is -0.335. The van der Waals surface area contributed by atoms with E-state index in [1.54, 1.807) is 12.1 Å². The number of benzene rings is 1. The zero-order chi connectivity index (χ0) is 13.1. The molecule has 0 unspecified atom stereocenters. The van der Waals surface area contributed by atoms with Crippen LogP contribution in [-0.2, 0) is 10.0 Å². The third-order valence-corrected chi connectivity index (χ3v) is 3.95. The quantitative estimate of drug-likeness (QED) is 0.822. The highest BCUT2D eigenvalue weighted by atomic mass is 32.2. The van der Waals surface area contributed by atoms with Gasteiger partial charge in [0.1, 0.15) is 6.17 Å².